The van der Waals surface area contributed by atoms with E-state index in [-0.39, 0.29) is 11.9 Å². The predicted octanol–water partition coefficient (Wildman–Crippen LogP) is 4.68. The van der Waals surface area contributed by atoms with E-state index in [1.807, 2.05) is 44.3 Å². The van der Waals surface area contributed by atoms with E-state index in [0.29, 0.717) is 29.5 Å². The minimum Gasteiger partial charge on any atom is -0.497 e. The molecule has 3 N–H and O–H groups in total. The fourth-order valence-corrected chi connectivity index (χ4v) is 3.69. The van der Waals surface area contributed by atoms with Gasteiger partial charge in [0.05, 0.1) is 7.11 Å². The number of nitrogens with one attached hydrogen (secondary N) is 3. The molecule has 2 heterocycles. The van der Waals surface area contributed by atoms with E-state index in [1.165, 1.54) is 0 Å². The van der Waals surface area contributed by atoms with Crippen LogP contribution in [0.15, 0.2) is 59.7 Å². The van der Waals surface area contributed by atoms with Gasteiger partial charge in [0.2, 0.25) is 11.9 Å². The minimum atomic E-state index is -0.313. The van der Waals surface area contributed by atoms with Crippen molar-refractivity contribution in [2.45, 2.75) is 20.3 Å². The highest BCUT2D eigenvalue weighted by Crippen LogP contribution is 2.23. The third-order valence-electron chi connectivity index (χ3n) is 5.18. The molecule has 0 spiro atoms. The molecule has 0 unspecified atom stereocenters. The van der Waals surface area contributed by atoms with Gasteiger partial charge in [0, 0.05) is 51.7 Å². The number of fused-ring (bicyclic) bond motifs is 1. The quantitative estimate of drug-likeness (QED) is 0.277. The first-order valence-corrected chi connectivity index (χ1v) is 11.1. The zero-order valence-corrected chi connectivity index (χ0v) is 19.9. The van der Waals surface area contributed by atoms with Gasteiger partial charge < -0.3 is 9.72 Å². The zero-order valence-electron chi connectivity index (χ0n) is 19.1. The summed E-state index contributed by atoms with van der Waals surface area (Å²) < 4.78 is 5.29. The summed E-state index contributed by atoms with van der Waals surface area (Å²) in [5, 5.41) is 7.54. The molecule has 0 aliphatic carbocycles. The van der Waals surface area contributed by atoms with Crippen molar-refractivity contribution in [3.63, 3.8) is 0 Å². The molecule has 0 bridgehead atoms. The smallest absolute Gasteiger partial charge is 0.257 e. The van der Waals surface area contributed by atoms with Crippen molar-refractivity contribution in [2.75, 3.05) is 19.0 Å². The summed E-state index contributed by atoms with van der Waals surface area (Å²) >= 11 is 5.94. The van der Waals surface area contributed by atoms with Crippen LogP contribution in [0.1, 0.15) is 27.3 Å². The number of halogens is 1. The Morgan fingerprint density at radius 3 is 2.53 bits per heavy atom. The normalized spacial score (nSPS) is 11.5. The fraction of sp³-hybridized carbons (Fsp3) is 0.200. The van der Waals surface area contributed by atoms with Crippen LogP contribution in [0.4, 0.5) is 5.95 Å². The zero-order chi connectivity index (χ0) is 24.1. The van der Waals surface area contributed by atoms with E-state index < -0.39 is 0 Å². The molecule has 0 saturated carbocycles. The SMILES string of the molecule is COc1ccc2c(CCN=C(NC(=O)c3ccc(Cl)cc3)Nc3nc(C)cc(C)n3)c[nH]c2c1. The summed E-state index contributed by atoms with van der Waals surface area (Å²) in [6, 6.07) is 14.4. The molecule has 174 valence electrons. The van der Waals surface area contributed by atoms with E-state index in [1.54, 1.807) is 31.4 Å². The lowest BCUT2D eigenvalue weighted by Crippen LogP contribution is -2.37. The van der Waals surface area contributed by atoms with E-state index >= 15 is 0 Å². The number of aliphatic imine (C=N–C) groups is 1. The van der Waals surface area contributed by atoms with Gasteiger partial charge in [0.15, 0.2) is 0 Å². The van der Waals surface area contributed by atoms with Crippen molar-refractivity contribution >= 4 is 40.3 Å². The molecule has 4 aromatic rings. The molecule has 0 fully saturated rings. The van der Waals surface area contributed by atoms with Crippen LogP contribution in [0.25, 0.3) is 10.9 Å². The molecule has 0 aliphatic rings. The number of methoxy groups -OCH3 is 1. The second-order valence-corrected chi connectivity index (χ2v) is 8.20. The number of aromatic amines is 1. The second-order valence-electron chi connectivity index (χ2n) is 7.77. The number of nitrogens with zero attached hydrogens (tertiary/aromatic N) is 3. The molecule has 34 heavy (non-hydrogen) atoms. The number of carbonyl (C=O) groups is 1. The molecule has 2 aromatic carbocycles. The number of carbonyl (C=O) groups excluding carboxylic acids is 1. The van der Waals surface area contributed by atoms with Gasteiger partial charge in [-0.25, -0.2) is 9.97 Å². The summed E-state index contributed by atoms with van der Waals surface area (Å²) in [5.74, 6) is 1.12. The number of rotatable bonds is 6. The van der Waals surface area contributed by atoms with Crippen molar-refractivity contribution in [1.82, 2.24) is 20.3 Å². The molecule has 9 heteroatoms. The van der Waals surface area contributed by atoms with Crippen molar-refractivity contribution in [3.05, 3.63) is 82.3 Å². The first-order valence-electron chi connectivity index (χ1n) is 10.8. The van der Waals surface area contributed by atoms with Crippen molar-refractivity contribution in [3.8, 4) is 5.75 Å². The number of hydrogen-bond donors (Lipinski definition) is 3. The number of amides is 1. The number of ether oxygens (including phenoxy) is 1. The summed E-state index contributed by atoms with van der Waals surface area (Å²) in [4.78, 5) is 29.4. The maximum absolute atomic E-state index is 12.8. The largest absolute Gasteiger partial charge is 0.497 e. The molecule has 0 radical (unpaired) electrons. The van der Waals surface area contributed by atoms with Gasteiger partial charge in [-0.3, -0.25) is 20.4 Å². The van der Waals surface area contributed by atoms with Crippen LogP contribution in [0.2, 0.25) is 5.02 Å². The van der Waals surface area contributed by atoms with Crippen LogP contribution in [0, 0.1) is 13.8 Å². The highest BCUT2D eigenvalue weighted by Gasteiger charge is 2.12. The van der Waals surface area contributed by atoms with E-state index in [9.17, 15) is 4.79 Å². The van der Waals surface area contributed by atoms with Gasteiger partial charge in [-0.15, -0.1) is 0 Å². The van der Waals surface area contributed by atoms with Crippen LogP contribution in [-0.4, -0.2) is 40.5 Å². The Hall–Kier alpha value is -3.91. The highest BCUT2D eigenvalue weighted by molar-refractivity contribution is 6.30. The van der Waals surface area contributed by atoms with Crippen molar-refractivity contribution < 1.29 is 9.53 Å². The Bertz CT molecular complexity index is 1330. The van der Waals surface area contributed by atoms with Crippen LogP contribution in [0.3, 0.4) is 0 Å². The average molecular weight is 477 g/mol. The molecule has 0 aliphatic heterocycles. The standard InChI is InChI=1S/C25H25ClN6O2/c1-15-12-16(2)30-25(29-15)32-24(31-23(33)17-4-6-19(26)7-5-17)27-11-10-18-14-28-22-13-20(34-3)8-9-21(18)22/h4-9,12-14,28H,10-11H2,1-3H3,(H2,27,29,30,31,32,33). The summed E-state index contributed by atoms with van der Waals surface area (Å²) in [6.07, 6.45) is 2.63. The number of H-pyrrole nitrogens is 1. The lowest BCUT2D eigenvalue weighted by atomic mass is 10.1. The third kappa shape index (κ3) is 5.71. The van der Waals surface area contributed by atoms with E-state index in [4.69, 9.17) is 16.3 Å². The summed E-state index contributed by atoms with van der Waals surface area (Å²) in [6.45, 7) is 4.21. The van der Waals surface area contributed by atoms with Gasteiger partial charge in [-0.2, -0.15) is 0 Å². The molecule has 0 atom stereocenters. The first kappa shape index (κ1) is 23.3. The molecular weight excluding hydrogens is 452 g/mol. The Labute approximate surface area is 202 Å². The highest BCUT2D eigenvalue weighted by atomic mass is 35.5. The second kappa shape index (κ2) is 10.4. The molecule has 8 nitrogen and oxygen atoms in total. The van der Waals surface area contributed by atoms with Crippen LogP contribution in [-0.2, 0) is 6.42 Å². The van der Waals surface area contributed by atoms with E-state index in [2.05, 4.69) is 30.6 Å². The maximum atomic E-state index is 12.8. The Morgan fingerprint density at radius 1 is 1.09 bits per heavy atom. The first-order chi connectivity index (χ1) is 16.4. The van der Waals surface area contributed by atoms with E-state index in [0.717, 1.165) is 33.6 Å². The Kier molecular flexibility index (Phi) is 7.08. The van der Waals surface area contributed by atoms with Crippen LogP contribution in [0.5, 0.6) is 5.75 Å². The predicted molar refractivity (Wildman–Crippen MR) is 135 cm³/mol. The molecule has 4 rings (SSSR count). The average Bonchev–Trinajstić information content (AvgIpc) is 3.20. The number of benzene rings is 2. The lowest BCUT2D eigenvalue weighted by molar-refractivity contribution is 0.0977. The van der Waals surface area contributed by atoms with Crippen molar-refractivity contribution in [2.24, 2.45) is 4.99 Å². The lowest BCUT2D eigenvalue weighted by Gasteiger charge is -2.12. The van der Waals surface area contributed by atoms with Gasteiger partial charge in [0.1, 0.15) is 5.75 Å². The molecule has 0 saturated heterocycles. The summed E-state index contributed by atoms with van der Waals surface area (Å²) in [5.41, 5.74) is 4.20. The molecule has 1 amide bonds. The Balaban J connectivity index is 1.53. The van der Waals surface area contributed by atoms with Crippen LogP contribution < -0.4 is 15.4 Å². The van der Waals surface area contributed by atoms with Crippen LogP contribution >= 0.6 is 11.6 Å². The molecular formula is C25H25ClN6O2. The minimum absolute atomic E-state index is 0.270. The number of guanidine groups is 1. The topological polar surface area (TPSA) is 104 Å². The molecule has 2 aromatic heterocycles. The number of hydrogen-bond acceptors (Lipinski definition) is 5. The maximum Gasteiger partial charge on any atom is 0.257 e. The van der Waals surface area contributed by atoms with Gasteiger partial charge >= 0.3 is 0 Å². The third-order valence-corrected chi connectivity index (χ3v) is 5.43. The number of aromatic nitrogens is 3. The summed E-state index contributed by atoms with van der Waals surface area (Å²) in [7, 11) is 1.64. The number of anilines is 1. The van der Waals surface area contributed by atoms with Gasteiger partial charge in [-0.1, -0.05) is 11.6 Å². The Morgan fingerprint density at radius 2 is 1.82 bits per heavy atom. The van der Waals surface area contributed by atoms with Crippen molar-refractivity contribution in [1.29, 1.82) is 0 Å². The van der Waals surface area contributed by atoms with Gasteiger partial charge in [-0.05, 0) is 68.3 Å². The number of aryl methyl sites for hydroxylation is 2. The van der Waals surface area contributed by atoms with Gasteiger partial charge in [0.25, 0.3) is 5.91 Å². The fourth-order valence-electron chi connectivity index (χ4n) is 3.57. The monoisotopic (exact) mass is 476 g/mol.